The second-order valence-corrected chi connectivity index (χ2v) is 8.70. The maximum atomic E-state index is 13.2. The van der Waals surface area contributed by atoms with Crippen molar-refractivity contribution in [2.75, 3.05) is 30.9 Å². The number of carbonyl (C=O) groups is 3. The molecular weight excluding hydrogens is 430 g/mol. The molecule has 1 heterocycles. The molecule has 8 heteroatoms. The van der Waals surface area contributed by atoms with E-state index in [1.54, 1.807) is 31.0 Å². The van der Waals surface area contributed by atoms with Gasteiger partial charge in [-0.15, -0.1) is 0 Å². The van der Waals surface area contributed by atoms with Crippen LogP contribution in [0.3, 0.4) is 0 Å². The lowest BCUT2D eigenvalue weighted by Crippen LogP contribution is -2.43. The van der Waals surface area contributed by atoms with E-state index in [-0.39, 0.29) is 24.8 Å². The van der Waals surface area contributed by atoms with Crippen LogP contribution in [0.2, 0.25) is 5.02 Å². The summed E-state index contributed by atoms with van der Waals surface area (Å²) in [5, 5.41) is 3.42. The van der Waals surface area contributed by atoms with Gasteiger partial charge >= 0.3 is 0 Å². The average molecular weight is 458 g/mol. The molecule has 32 heavy (non-hydrogen) atoms. The summed E-state index contributed by atoms with van der Waals surface area (Å²) in [5.74, 6) is -0.652. The molecule has 1 atom stereocenters. The van der Waals surface area contributed by atoms with E-state index in [1.807, 2.05) is 32.9 Å². The Hall–Kier alpha value is -2.90. The van der Waals surface area contributed by atoms with Crippen molar-refractivity contribution < 1.29 is 19.1 Å². The molecule has 1 aliphatic heterocycles. The third kappa shape index (κ3) is 4.64. The molecule has 0 bridgehead atoms. The molecule has 3 amide bonds. The molecule has 0 radical (unpaired) electrons. The van der Waals surface area contributed by atoms with Crippen LogP contribution in [-0.2, 0) is 14.4 Å². The van der Waals surface area contributed by atoms with Crippen molar-refractivity contribution in [3.8, 4) is 5.75 Å². The van der Waals surface area contributed by atoms with E-state index in [4.69, 9.17) is 16.3 Å². The Balaban J connectivity index is 1.76. The molecule has 1 aliphatic rings. The molecule has 0 spiro atoms. The van der Waals surface area contributed by atoms with Gasteiger partial charge in [-0.3, -0.25) is 19.3 Å². The van der Waals surface area contributed by atoms with E-state index in [0.717, 1.165) is 32.8 Å². The van der Waals surface area contributed by atoms with E-state index in [2.05, 4.69) is 5.32 Å². The number of hydrogen-bond donors (Lipinski definition) is 1. The molecule has 7 nitrogen and oxygen atoms in total. The second-order valence-electron chi connectivity index (χ2n) is 8.30. The summed E-state index contributed by atoms with van der Waals surface area (Å²) in [7, 11) is 3.12. The van der Waals surface area contributed by atoms with Crippen molar-refractivity contribution in [2.45, 2.75) is 40.2 Å². The molecule has 2 aromatic carbocycles. The summed E-state index contributed by atoms with van der Waals surface area (Å²) in [6.45, 7) is 7.65. The number of anilines is 2. The van der Waals surface area contributed by atoms with Gasteiger partial charge in [0.05, 0.1) is 31.8 Å². The van der Waals surface area contributed by atoms with Crippen LogP contribution in [-0.4, -0.2) is 49.4 Å². The number of amides is 3. The summed E-state index contributed by atoms with van der Waals surface area (Å²) < 4.78 is 5.34. The topological polar surface area (TPSA) is 79.0 Å². The first kappa shape index (κ1) is 23.8. The summed E-state index contributed by atoms with van der Waals surface area (Å²) in [6, 6.07) is 6.52. The number of hydrogen-bond acceptors (Lipinski definition) is 5. The number of imide groups is 1. The fraction of sp³-hybridized carbons (Fsp3) is 0.375. The molecule has 1 N–H and O–H groups in total. The number of likely N-dealkylation sites (N-methyl/N-ethyl adjacent to an activating group) is 1. The predicted octanol–water partition coefficient (Wildman–Crippen LogP) is 3.78. The normalized spacial score (nSPS) is 16.1. The Kier molecular flexibility index (Phi) is 6.91. The van der Waals surface area contributed by atoms with Gasteiger partial charge in [0, 0.05) is 16.8 Å². The summed E-state index contributed by atoms with van der Waals surface area (Å²) in [6.07, 6.45) is -0.0178. The average Bonchev–Trinajstić information content (AvgIpc) is 3.00. The first-order valence-electron chi connectivity index (χ1n) is 10.3. The largest absolute Gasteiger partial charge is 0.495 e. The van der Waals surface area contributed by atoms with Gasteiger partial charge in [-0.1, -0.05) is 29.3 Å². The van der Waals surface area contributed by atoms with Gasteiger partial charge in [-0.05, 0) is 57.5 Å². The first-order valence-corrected chi connectivity index (χ1v) is 10.7. The number of aryl methyl sites for hydroxylation is 4. The van der Waals surface area contributed by atoms with Crippen LogP contribution in [0.5, 0.6) is 5.75 Å². The van der Waals surface area contributed by atoms with Crippen LogP contribution in [0.1, 0.15) is 28.7 Å². The molecule has 0 aliphatic carbocycles. The lowest BCUT2D eigenvalue weighted by Gasteiger charge is -2.23. The highest BCUT2D eigenvalue weighted by atomic mass is 35.5. The van der Waals surface area contributed by atoms with Crippen molar-refractivity contribution >= 4 is 40.7 Å². The minimum atomic E-state index is -0.742. The SMILES string of the molecule is COc1cc(Cl)c(C)cc1N1C(=O)CC(N(C)CC(=O)Nc2c(C)cc(C)cc2C)C1=O. The van der Waals surface area contributed by atoms with Gasteiger partial charge in [0.1, 0.15) is 5.75 Å². The molecule has 1 fully saturated rings. The van der Waals surface area contributed by atoms with Crippen molar-refractivity contribution in [2.24, 2.45) is 0 Å². The standard InChI is InChI=1S/C24H28ClN3O4/c1-13-7-15(3)23(16(4)8-13)26-21(29)12-27(5)19-11-22(30)28(24(19)31)18-9-14(2)17(25)10-20(18)32-6/h7-10,19H,11-12H2,1-6H3,(H,26,29). The van der Waals surface area contributed by atoms with Crippen LogP contribution in [0, 0.1) is 27.7 Å². The van der Waals surface area contributed by atoms with Crippen LogP contribution < -0.4 is 15.0 Å². The second kappa shape index (κ2) is 9.30. The zero-order valence-corrected chi connectivity index (χ0v) is 20.0. The molecule has 3 rings (SSSR count). The quantitative estimate of drug-likeness (QED) is 0.668. The minimum absolute atomic E-state index is 0.0178. The molecule has 1 unspecified atom stereocenters. The molecule has 170 valence electrons. The van der Waals surface area contributed by atoms with Crippen molar-refractivity contribution in [1.82, 2.24) is 4.90 Å². The number of nitrogens with one attached hydrogen (secondary N) is 1. The number of benzene rings is 2. The molecule has 0 aromatic heterocycles. The number of rotatable bonds is 6. The van der Waals surface area contributed by atoms with E-state index >= 15 is 0 Å². The summed E-state index contributed by atoms with van der Waals surface area (Å²) >= 11 is 6.16. The lowest BCUT2D eigenvalue weighted by molar-refractivity contribution is -0.123. The lowest BCUT2D eigenvalue weighted by atomic mass is 10.1. The van der Waals surface area contributed by atoms with Gasteiger partial charge < -0.3 is 10.1 Å². The molecule has 0 saturated carbocycles. The van der Waals surface area contributed by atoms with Crippen LogP contribution in [0.25, 0.3) is 0 Å². The van der Waals surface area contributed by atoms with Gasteiger partial charge in [0.25, 0.3) is 5.91 Å². The predicted molar refractivity (Wildman–Crippen MR) is 126 cm³/mol. The van der Waals surface area contributed by atoms with E-state index in [1.165, 1.54) is 7.11 Å². The summed E-state index contributed by atoms with van der Waals surface area (Å²) in [4.78, 5) is 41.3. The van der Waals surface area contributed by atoms with E-state index in [0.29, 0.717) is 16.5 Å². The fourth-order valence-electron chi connectivity index (χ4n) is 4.09. The number of methoxy groups -OCH3 is 1. The highest BCUT2D eigenvalue weighted by Gasteiger charge is 2.43. The van der Waals surface area contributed by atoms with Crippen LogP contribution in [0.4, 0.5) is 11.4 Å². The van der Waals surface area contributed by atoms with Crippen molar-refractivity contribution in [1.29, 1.82) is 0 Å². The number of carbonyl (C=O) groups excluding carboxylic acids is 3. The zero-order chi connectivity index (χ0) is 23.7. The Labute approximate surface area is 193 Å². The Bertz CT molecular complexity index is 1080. The Morgan fingerprint density at radius 3 is 2.34 bits per heavy atom. The molecule has 1 saturated heterocycles. The third-order valence-electron chi connectivity index (χ3n) is 5.69. The van der Waals surface area contributed by atoms with Gasteiger partial charge in [0.15, 0.2) is 0 Å². The fourth-order valence-corrected chi connectivity index (χ4v) is 4.25. The maximum Gasteiger partial charge on any atom is 0.251 e. The smallest absolute Gasteiger partial charge is 0.251 e. The number of ether oxygens (including phenoxy) is 1. The van der Waals surface area contributed by atoms with Crippen molar-refractivity contribution in [3.63, 3.8) is 0 Å². The third-order valence-corrected chi connectivity index (χ3v) is 6.10. The highest BCUT2D eigenvalue weighted by Crippen LogP contribution is 2.37. The zero-order valence-electron chi connectivity index (χ0n) is 19.2. The molecular formula is C24H28ClN3O4. The highest BCUT2D eigenvalue weighted by molar-refractivity contribution is 6.32. The van der Waals surface area contributed by atoms with Gasteiger partial charge in [-0.25, -0.2) is 4.90 Å². The van der Waals surface area contributed by atoms with Gasteiger partial charge in [-0.2, -0.15) is 0 Å². The van der Waals surface area contributed by atoms with Crippen LogP contribution >= 0.6 is 11.6 Å². The van der Waals surface area contributed by atoms with Crippen molar-refractivity contribution in [3.05, 3.63) is 51.5 Å². The maximum absolute atomic E-state index is 13.2. The monoisotopic (exact) mass is 457 g/mol. The summed E-state index contributed by atoms with van der Waals surface area (Å²) in [5.41, 5.74) is 4.92. The van der Waals surface area contributed by atoms with E-state index in [9.17, 15) is 14.4 Å². The van der Waals surface area contributed by atoms with E-state index < -0.39 is 11.9 Å². The Morgan fingerprint density at radius 2 is 1.75 bits per heavy atom. The first-order chi connectivity index (χ1) is 15.0. The number of nitrogens with zero attached hydrogens (tertiary/aromatic N) is 2. The minimum Gasteiger partial charge on any atom is -0.495 e. The Morgan fingerprint density at radius 1 is 1.12 bits per heavy atom. The number of halogens is 1. The van der Waals surface area contributed by atoms with Crippen LogP contribution in [0.15, 0.2) is 24.3 Å². The molecule has 2 aromatic rings. The van der Waals surface area contributed by atoms with Gasteiger partial charge in [0.2, 0.25) is 11.8 Å².